The number of carbonyl (C=O) groups is 1. The van der Waals surface area contributed by atoms with Gasteiger partial charge >= 0.3 is 0 Å². The Hall–Kier alpha value is -2.28. The number of thioether (sulfide) groups is 1. The van der Waals surface area contributed by atoms with E-state index in [1.54, 1.807) is 17.8 Å². The lowest BCUT2D eigenvalue weighted by Gasteiger charge is -2.16. The highest BCUT2D eigenvalue weighted by molar-refractivity contribution is 7.98. The fraction of sp³-hybridized carbons (Fsp3) is 0.312. The van der Waals surface area contributed by atoms with Crippen molar-refractivity contribution in [1.82, 2.24) is 19.9 Å². The van der Waals surface area contributed by atoms with Crippen LogP contribution in [-0.4, -0.2) is 32.5 Å². The molecule has 6 nitrogen and oxygen atoms in total. The standard InChI is InChI=1S/C16H18N4O2S/c1-11-6-9-22-14(11)16(21)17-12(7-10-23-2)15-19-18-13-5-3-4-8-20(13)15/h3-6,8-9,12H,7,10H2,1-2H3,(H,17,21). The third-order valence-corrected chi connectivity index (χ3v) is 4.28. The summed E-state index contributed by atoms with van der Waals surface area (Å²) in [5.41, 5.74) is 1.58. The van der Waals surface area contributed by atoms with Gasteiger partial charge in [0.05, 0.1) is 12.3 Å². The summed E-state index contributed by atoms with van der Waals surface area (Å²) in [5, 5.41) is 11.5. The van der Waals surface area contributed by atoms with Gasteiger partial charge in [-0.2, -0.15) is 11.8 Å². The Labute approximate surface area is 138 Å². The van der Waals surface area contributed by atoms with Gasteiger partial charge in [-0.15, -0.1) is 10.2 Å². The van der Waals surface area contributed by atoms with Crippen LogP contribution in [0, 0.1) is 6.92 Å². The van der Waals surface area contributed by atoms with Gasteiger partial charge in [-0.25, -0.2) is 0 Å². The highest BCUT2D eigenvalue weighted by Crippen LogP contribution is 2.19. The largest absolute Gasteiger partial charge is 0.459 e. The second-order valence-corrected chi connectivity index (χ2v) is 6.21. The minimum atomic E-state index is -0.230. The average molecular weight is 330 g/mol. The molecule has 0 spiro atoms. The Morgan fingerprint density at radius 1 is 1.39 bits per heavy atom. The van der Waals surface area contributed by atoms with Crippen LogP contribution in [0.1, 0.15) is 34.4 Å². The van der Waals surface area contributed by atoms with E-state index < -0.39 is 0 Å². The van der Waals surface area contributed by atoms with E-state index >= 15 is 0 Å². The van der Waals surface area contributed by atoms with E-state index in [-0.39, 0.29) is 11.9 Å². The van der Waals surface area contributed by atoms with Crippen LogP contribution >= 0.6 is 11.8 Å². The zero-order chi connectivity index (χ0) is 16.2. The number of aryl methyl sites for hydroxylation is 1. The summed E-state index contributed by atoms with van der Waals surface area (Å²) in [6, 6.07) is 7.27. The SMILES string of the molecule is CSCCC(NC(=O)c1occc1C)c1nnc2ccccn12. The molecule has 3 aromatic heterocycles. The summed E-state index contributed by atoms with van der Waals surface area (Å²) in [6.45, 7) is 1.85. The first-order chi connectivity index (χ1) is 11.2. The number of hydrogen-bond donors (Lipinski definition) is 1. The number of nitrogens with zero attached hydrogens (tertiary/aromatic N) is 3. The molecule has 0 aliphatic heterocycles. The molecule has 3 aromatic rings. The number of rotatable bonds is 6. The number of fused-ring (bicyclic) bond motifs is 1. The van der Waals surface area contributed by atoms with Gasteiger partial charge in [0.2, 0.25) is 0 Å². The topological polar surface area (TPSA) is 72.4 Å². The molecule has 1 atom stereocenters. The van der Waals surface area contributed by atoms with Crippen molar-refractivity contribution in [3.63, 3.8) is 0 Å². The Kier molecular flexibility index (Phi) is 4.66. The first-order valence-corrected chi connectivity index (χ1v) is 8.73. The fourth-order valence-electron chi connectivity index (χ4n) is 2.43. The maximum absolute atomic E-state index is 12.5. The Morgan fingerprint density at radius 3 is 3.00 bits per heavy atom. The molecule has 1 unspecified atom stereocenters. The zero-order valence-corrected chi connectivity index (χ0v) is 13.8. The summed E-state index contributed by atoms with van der Waals surface area (Å²) in [7, 11) is 0. The second-order valence-electron chi connectivity index (χ2n) is 5.23. The van der Waals surface area contributed by atoms with Crippen molar-refractivity contribution in [1.29, 1.82) is 0 Å². The molecule has 1 N–H and O–H groups in total. The lowest BCUT2D eigenvalue weighted by Crippen LogP contribution is -2.30. The zero-order valence-electron chi connectivity index (χ0n) is 13.0. The van der Waals surface area contributed by atoms with Gasteiger partial charge in [0.1, 0.15) is 0 Å². The third-order valence-electron chi connectivity index (χ3n) is 3.64. The molecule has 7 heteroatoms. The average Bonchev–Trinajstić information content (AvgIpc) is 3.17. The van der Waals surface area contributed by atoms with Gasteiger partial charge in [0, 0.05) is 11.8 Å². The molecule has 0 radical (unpaired) electrons. The lowest BCUT2D eigenvalue weighted by molar-refractivity contribution is 0.0905. The predicted molar refractivity (Wildman–Crippen MR) is 89.6 cm³/mol. The van der Waals surface area contributed by atoms with Crippen LogP contribution in [0.5, 0.6) is 0 Å². The quantitative estimate of drug-likeness (QED) is 0.752. The van der Waals surface area contributed by atoms with Gasteiger partial charge in [0.15, 0.2) is 17.2 Å². The molecule has 0 fully saturated rings. The molecule has 1 amide bonds. The van der Waals surface area contributed by atoms with E-state index in [4.69, 9.17) is 4.42 Å². The number of furan rings is 1. The van der Waals surface area contributed by atoms with Crippen LogP contribution in [0.25, 0.3) is 5.65 Å². The van der Waals surface area contributed by atoms with E-state index in [1.165, 1.54) is 6.26 Å². The van der Waals surface area contributed by atoms with E-state index in [9.17, 15) is 4.79 Å². The molecule has 120 valence electrons. The fourth-order valence-corrected chi connectivity index (χ4v) is 2.90. The van der Waals surface area contributed by atoms with Crippen molar-refractivity contribution in [3.05, 3.63) is 53.9 Å². The summed E-state index contributed by atoms with van der Waals surface area (Å²) in [5.74, 6) is 1.75. The number of hydrogen-bond acceptors (Lipinski definition) is 5. The van der Waals surface area contributed by atoms with Crippen molar-refractivity contribution in [2.24, 2.45) is 0 Å². The summed E-state index contributed by atoms with van der Waals surface area (Å²) >= 11 is 1.73. The molecule has 23 heavy (non-hydrogen) atoms. The lowest BCUT2D eigenvalue weighted by atomic mass is 10.2. The minimum absolute atomic E-state index is 0.225. The maximum Gasteiger partial charge on any atom is 0.287 e. The van der Waals surface area contributed by atoms with E-state index in [0.29, 0.717) is 5.76 Å². The molecule has 0 saturated carbocycles. The normalized spacial score (nSPS) is 12.4. The van der Waals surface area contributed by atoms with Gasteiger partial charge < -0.3 is 9.73 Å². The van der Waals surface area contributed by atoms with E-state index in [0.717, 1.165) is 29.2 Å². The molecule has 0 aliphatic rings. The monoisotopic (exact) mass is 330 g/mol. The Morgan fingerprint density at radius 2 is 2.26 bits per heavy atom. The van der Waals surface area contributed by atoms with E-state index in [2.05, 4.69) is 15.5 Å². The van der Waals surface area contributed by atoms with Crippen molar-refractivity contribution < 1.29 is 9.21 Å². The Balaban J connectivity index is 1.89. The van der Waals surface area contributed by atoms with Crippen LogP contribution in [0.2, 0.25) is 0 Å². The minimum Gasteiger partial charge on any atom is -0.459 e. The van der Waals surface area contributed by atoms with Gasteiger partial charge in [-0.05, 0) is 43.6 Å². The first kappa shape index (κ1) is 15.6. The van der Waals surface area contributed by atoms with Crippen LogP contribution in [0.3, 0.4) is 0 Å². The molecular weight excluding hydrogens is 312 g/mol. The van der Waals surface area contributed by atoms with Crippen molar-refractivity contribution in [2.75, 3.05) is 12.0 Å². The number of nitrogens with one attached hydrogen (secondary N) is 1. The number of pyridine rings is 1. The maximum atomic E-state index is 12.5. The summed E-state index contributed by atoms with van der Waals surface area (Å²) in [4.78, 5) is 12.5. The highest BCUT2D eigenvalue weighted by atomic mass is 32.2. The number of carbonyl (C=O) groups excluding carboxylic acids is 1. The van der Waals surface area contributed by atoms with Crippen molar-refractivity contribution in [3.8, 4) is 0 Å². The molecule has 3 rings (SSSR count). The molecule has 0 aromatic carbocycles. The summed E-state index contributed by atoms with van der Waals surface area (Å²) in [6.07, 6.45) is 6.23. The molecule has 0 aliphatic carbocycles. The number of amides is 1. The number of aromatic nitrogens is 3. The second kappa shape index (κ2) is 6.87. The summed E-state index contributed by atoms with van der Waals surface area (Å²) < 4.78 is 7.18. The highest BCUT2D eigenvalue weighted by Gasteiger charge is 2.22. The van der Waals surface area contributed by atoms with Gasteiger partial charge in [-0.3, -0.25) is 9.20 Å². The third kappa shape index (κ3) is 3.24. The first-order valence-electron chi connectivity index (χ1n) is 7.34. The molecular formula is C16H18N4O2S. The molecule has 3 heterocycles. The molecule has 0 saturated heterocycles. The van der Waals surface area contributed by atoms with Gasteiger partial charge in [0.25, 0.3) is 5.91 Å². The van der Waals surface area contributed by atoms with E-state index in [1.807, 2.05) is 42.0 Å². The smallest absolute Gasteiger partial charge is 0.287 e. The molecule has 0 bridgehead atoms. The Bertz CT molecular complexity index is 811. The van der Waals surface area contributed by atoms with Crippen LogP contribution in [0.15, 0.2) is 41.1 Å². The van der Waals surface area contributed by atoms with Crippen molar-refractivity contribution >= 4 is 23.3 Å². The van der Waals surface area contributed by atoms with Crippen LogP contribution in [-0.2, 0) is 0 Å². The van der Waals surface area contributed by atoms with Crippen molar-refractivity contribution in [2.45, 2.75) is 19.4 Å². The van der Waals surface area contributed by atoms with Crippen LogP contribution in [0.4, 0.5) is 0 Å². The van der Waals surface area contributed by atoms with Gasteiger partial charge in [-0.1, -0.05) is 6.07 Å². The van der Waals surface area contributed by atoms with Crippen LogP contribution < -0.4 is 5.32 Å². The predicted octanol–water partition coefficient (Wildman–Crippen LogP) is 2.85.